The highest BCUT2D eigenvalue weighted by molar-refractivity contribution is 7.47. The number of carbonyl (C=O) groups is 4. The number of unbranched alkanes of at least 4 members (excludes halogenated alkanes) is 8. The first kappa shape index (κ1) is 105. The molecule has 0 aromatic heterocycles. The van der Waals surface area contributed by atoms with Crippen molar-refractivity contribution in [3.63, 3.8) is 0 Å². The second-order valence-electron chi connectivity index (χ2n) is 26.2. The lowest BCUT2D eigenvalue weighted by molar-refractivity contribution is -0.161. The molecule has 0 spiro atoms. The number of aliphatic hydroxyl groups is 1. The molecule has 0 aliphatic heterocycles. The van der Waals surface area contributed by atoms with Gasteiger partial charge in [0.05, 0.1) is 26.4 Å². The van der Waals surface area contributed by atoms with Crippen LogP contribution in [0.5, 0.6) is 0 Å². The molecule has 19 heteroatoms. The average Bonchev–Trinajstić information content (AvgIpc) is 0.898. The van der Waals surface area contributed by atoms with E-state index in [1.54, 1.807) is 0 Å². The number of carbonyl (C=O) groups excluding carboxylic acids is 4. The van der Waals surface area contributed by atoms with Gasteiger partial charge in [0.1, 0.15) is 19.3 Å². The van der Waals surface area contributed by atoms with Gasteiger partial charge in [0.25, 0.3) is 0 Å². The van der Waals surface area contributed by atoms with E-state index in [-0.39, 0.29) is 25.7 Å². The molecule has 0 aliphatic rings. The lowest BCUT2D eigenvalue weighted by Crippen LogP contribution is -2.30. The second-order valence-corrected chi connectivity index (χ2v) is 29.1. The summed E-state index contributed by atoms with van der Waals surface area (Å²) in [7, 11) is -10.1. The van der Waals surface area contributed by atoms with E-state index in [0.29, 0.717) is 44.9 Å². The third kappa shape index (κ3) is 80.9. The Hall–Kier alpha value is -7.14. The molecule has 0 aromatic carbocycles. The molecule has 0 aromatic rings. The number of allylic oxidation sites excluding steroid dienone is 40. The molecule has 0 fully saturated rings. The smallest absolute Gasteiger partial charge is 0.462 e. The summed E-state index contributed by atoms with van der Waals surface area (Å²) in [6.07, 6.45) is 107. The lowest BCUT2D eigenvalue weighted by atomic mass is 10.1. The summed E-state index contributed by atoms with van der Waals surface area (Å²) < 4.78 is 68.5. The predicted molar refractivity (Wildman–Crippen MR) is 463 cm³/mol. The summed E-state index contributed by atoms with van der Waals surface area (Å²) in [5.41, 5.74) is 0. The van der Waals surface area contributed by atoms with Gasteiger partial charge < -0.3 is 33.8 Å². The van der Waals surface area contributed by atoms with E-state index in [1.165, 1.54) is 0 Å². The first-order valence-electron chi connectivity index (χ1n) is 41.3. The van der Waals surface area contributed by atoms with Gasteiger partial charge in [-0.1, -0.05) is 296 Å². The van der Waals surface area contributed by atoms with E-state index < -0.39 is 97.5 Å². The molecule has 0 saturated carbocycles. The van der Waals surface area contributed by atoms with Gasteiger partial charge in [-0.2, -0.15) is 0 Å². The average molecular weight is 1590 g/mol. The number of esters is 4. The fraction of sp³-hybridized carbons (Fsp3) is 0.527. The lowest BCUT2D eigenvalue weighted by Gasteiger charge is -2.21. The molecule has 0 rings (SSSR count). The zero-order chi connectivity index (χ0) is 81.7. The number of phosphoric acid groups is 2. The molecule has 0 radical (unpaired) electrons. The van der Waals surface area contributed by atoms with Gasteiger partial charge in [-0.25, -0.2) is 9.13 Å². The molecule has 0 amide bonds. The predicted octanol–water partition coefficient (Wildman–Crippen LogP) is 24.8. The summed E-state index contributed by atoms with van der Waals surface area (Å²) in [6, 6.07) is 0. The van der Waals surface area contributed by atoms with Crippen LogP contribution in [0.4, 0.5) is 0 Å². The van der Waals surface area contributed by atoms with Crippen molar-refractivity contribution in [3.05, 3.63) is 243 Å². The van der Waals surface area contributed by atoms with Crippen LogP contribution in [0.1, 0.15) is 259 Å². The summed E-state index contributed by atoms with van der Waals surface area (Å²) in [5, 5.41) is 10.7. The first-order valence-corrected chi connectivity index (χ1v) is 44.3. The van der Waals surface area contributed by atoms with Gasteiger partial charge in [-0.3, -0.25) is 37.3 Å². The minimum Gasteiger partial charge on any atom is -0.462 e. The topological polar surface area (TPSA) is 237 Å². The minimum atomic E-state index is -5.03. The molecule has 5 unspecified atom stereocenters. The third-order valence-electron chi connectivity index (χ3n) is 15.8. The monoisotopic (exact) mass is 1590 g/mol. The van der Waals surface area contributed by atoms with Crippen LogP contribution in [-0.2, 0) is 65.4 Å². The maximum Gasteiger partial charge on any atom is 0.472 e. The fourth-order valence-electron chi connectivity index (χ4n) is 9.72. The summed E-state index contributed by atoms with van der Waals surface area (Å²) in [5.74, 6) is -2.46. The molecule has 112 heavy (non-hydrogen) atoms. The van der Waals surface area contributed by atoms with Crippen LogP contribution in [0.2, 0.25) is 0 Å². The molecule has 0 aliphatic carbocycles. The first-order chi connectivity index (χ1) is 54.7. The summed E-state index contributed by atoms with van der Waals surface area (Å²) >= 11 is 0. The van der Waals surface area contributed by atoms with Crippen molar-refractivity contribution in [2.24, 2.45) is 0 Å². The van der Waals surface area contributed by atoms with Crippen LogP contribution in [-0.4, -0.2) is 96.7 Å². The van der Waals surface area contributed by atoms with E-state index in [9.17, 15) is 43.2 Å². The van der Waals surface area contributed by atoms with Gasteiger partial charge in [-0.05, 0) is 180 Å². The van der Waals surface area contributed by atoms with Crippen molar-refractivity contribution >= 4 is 39.5 Å². The summed E-state index contributed by atoms with van der Waals surface area (Å²) in [4.78, 5) is 73.2. The fourth-order valence-corrected chi connectivity index (χ4v) is 11.3. The van der Waals surface area contributed by atoms with Crippen LogP contribution in [0.25, 0.3) is 0 Å². The number of ether oxygens (including phenoxy) is 4. The van der Waals surface area contributed by atoms with Crippen molar-refractivity contribution < 1.29 is 80.2 Å². The normalized spacial score (nSPS) is 15.0. The maximum absolute atomic E-state index is 13.1. The van der Waals surface area contributed by atoms with Crippen molar-refractivity contribution in [2.45, 2.75) is 277 Å². The zero-order valence-electron chi connectivity index (χ0n) is 68.5. The molecule has 626 valence electrons. The van der Waals surface area contributed by atoms with Crippen molar-refractivity contribution in [3.8, 4) is 0 Å². The molecule has 17 nitrogen and oxygen atoms in total. The van der Waals surface area contributed by atoms with Crippen molar-refractivity contribution in [2.75, 3.05) is 39.6 Å². The van der Waals surface area contributed by atoms with Crippen molar-refractivity contribution in [1.29, 1.82) is 0 Å². The Kier molecular flexibility index (Phi) is 76.6. The number of aliphatic hydroxyl groups excluding tert-OH is 1. The van der Waals surface area contributed by atoms with E-state index in [4.69, 9.17) is 37.0 Å². The Morgan fingerprint density at radius 1 is 0.250 bits per heavy atom. The maximum atomic E-state index is 13.1. The standard InChI is InChI=1S/C93H142O17P2/c1-5-9-13-17-21-25-29-33-37-41-43-47-50-54-58-62-66-70-74-78-91(96)104-84-89(110-93(98)80-76-72-68-64-60-56-52-48-44-42-38-34-30-26-22-18-14-10-6-2)86-108-112(101,102)106-82-87(94)81-105-111(99,100)107-85-88(109-92(97)79-75-71-67-63-59-55-51-46-40-36-32-28-24-20-16-12-8-4)83-103-90(95)77-73-69-65-61-57-53-49-45-39-35-31-27-23-19-15-11-7-3/h9-16,21-28,33-40,43-44,47-49,51,53-55,58,61,63,65-67,70,87-89,94H,5-8,17-20,29-32,41-42,45-46,50,52,56-57,59-60,62,64,68-69,71-86H2,1-4H3,(H,99,100)(H,101,102)/b13-9-,14-10-,15-11-,16-12-,25-21-,26-22-,27-23-,28-24-,37-33-,38-34-,39-35-,40-36-,47-43-,48-44-,53-49-,55-51-,58-54-,65-61-,67-63-,70-66-. The van der Waals surface area contributed by atoms with Crippen LogP contribution < -0.4 is 0 Å². The van der Waals surface area contributed by atoms with E-state index in [1.807, 2.05) is 42.5 Å². The number of hydrogen-bond acceptors (Lipinski definition) is 15. The molecular formula is C93H142O17P2. The van der Waals surface area contributed by atoms with E-state index in [2.05, 4.69) is 228 Å². The van der Waals surface area contributed by atoms with Crippen molar-refractivity contribution in [1.82, 2.24) is 0 Å². The molecule has 0 saturated heterocycles. The molecule has 5 atom stereocenters. The van der Waals surface area contributed by atoms with Gasteiger partial charge >= 0.3 is 39.5 Å². The third-order valence-corrected chi connectivity index (χ3v) is 17.7. The largest absolute Gasteiger partial charge is 0.472 e. The van der Waals surface area contributed by atoms with Gasteiger partial charge in [0.15, 0.2) is 12.2 Å². The zero-order valence-corrected chi connectivity index (χ0v) is 70.3. The number of phosphoric ester groups is 2. The Morgan fingerprint density at radius 3 is 0.759 bits per heavy atom. The minimum absolute atomic E-state index is 0.00885. The van der Waals surface area contributed by atoms with Crippen LogP contribution in [0.3, 0.4) is 0 Å². The Labute approximate surface area is 676 Å². The summed E-state index contributed by atoms with van der Waals surface area (Å²) in [6.45, 7) is 4.14. The van der Waals surface area contributed by atoms with E-state index in [0.717, 1.165) is 161 Å². The number of hydrogen-bond donors (Lipinski definition) is 3. The highest BCUT2D eigenvalue weighted by atomic mass is 31.2. The van der Waals surface area contributed by atoms with Crippen LogP contribution in [0.15, 0.2) is 243 Å². The molecule has 0 heterocycles. The Balaban J connectivity index is 5.60. The Morgan fingerprint density at radius 2 is 0.464 bits per heavy atom. The van der Waals surface area contributed by atoms with Gasteiger partial charge in [-0.15, -0.1) is 0 Å². The highest BCUT2D eigenvalue weighted by Crippen LogP contribution is 2.45. The quantitative estimate of drug-likeness (QED) is 0.0169. The Bertz CT molecular complexity index is 3090. The highest BCUT2D eigenvalue weighted by Gasteiger charge is 2.30. The number of rotatable bonds is 74. The van der Waals surface area contributed by atoms with Crippen LogP contribution in [0, 0.1) is 0 Å². The van der Waals surface area contributed by atoms with Gasteiger partial charge in [0.2, 0.25) is 0 Å². The van der Waals surface area contributed by atoms with Gasteiger partial charge in [0, 0.05) is 25.7 Å². The SMILES string of the molecule is CC/C=C\C/C=C\C/C=C\C/C=C\C/C=C\C/C=C\CCC(=O)OCC(COP(=O)(O)OCC(O)COP(=O)(O)OCC(COC(=O)CCC/C=C\C/C=C\C/C=C\C/C=C\C/C=C\CC)OC(=O)CCC/C=C\C/C=C\C/C=C\C/C=C\C/C=C\CC)OC(=O)CCCCCCCC/C=C\C/C=C\C/C=C\C/C=C\CC. The van der Waals surface area contributed by atoms with E-state index >= 15 is 0 Å². The second kappa shape index (κ2) is 81.9. The molecule has 3 N–H and O–H groups in total. The molecular weight excluding hydrogens is 1450 g/mol. The van der Waals surface area contributed by atoms with Crippen LogP contribution >= 0.6 is 15.6 Å². The molecule has 0 bridgehead atoms.